The number of amides is 1. The van der Waals surface area contributed by atoms with Gasteiger partial charge in [0.25, 0.3) is 5.91 Å². The zero-order valence-corrected chi connectivity index (χ0v) is 19.6. The molecular formula is C28H30N2O4. The van der Waals surface area contributed by atoms with Crippen LogP contribution in [0.1, 0.15) is 29.3 Å². The average Bonchev–Trinajstić information content (AvgIpc) is 3.27. The lowest BCUT2D eigenvalue weighted by Gasteiger charge is -2.23. The van der Waals surface area contributed by atoms with Crippen LogP contribution in [-0.2, 0) is 16.1 Å². The minimum absolute atomic E-state index is 0.148. The summed E-state index contributed by atoms with van der Waals surface area (Å²) >= 11 is 0. The molecule has 1 N–H and O–H groups in total. The third kappa shape index (κ3) is 5.29. The van der Waals surface area contributed by atoms with Crippen molar-refractivity contribution in [3.63, 3.8) is 0 Å². The van der Waals surface area contributed by atoms with Crippen LogP contribution in [-0.4, -0.2) is 49.1 Å². The lowest BCUT2D eigenvalue weighted by Crippen LogP contribution is -2.38. The quantitative estimate of drug-likeness (QED) is 0.510. The number of hydrogen-bond donors (Lipinski definition) is 1. The van der Waals surface area contributed by atoms with Crippen LogP contribution in [0.2, 0.25) is 0 Å². The summed E-state index contributed by atoms with van der Waals surface area (Å²) in [6, 6.07) is 24.6. The van der Waals surface area contributed by atoms with Gasteiger partial charge < -0.3 is 14.8 Å². The minimum atomic E-state index is -0.436. The largest absolute Gasteiger partial charge is 0.494 e. The van der Waals surface area contributed by atoms with E-state index in [-0.39, 0.29) is 17.9 Å². The summed E-state index contributed by atoms with van der Waals surface area (Å²) in [7, 11) is 1.40. The molecule has 1 heterocycles. The van der Waals surface area contributed by atoms with E-state index >= 15 is 0 Å². The van der Waals surface area contributed by atoms with Gasteiger partial charge in [0, 0.05) is 30.3 Å². The van der Waals surface area contributed by atoms with E-state index in [0.717, 1.165) is 22.4 Å². The van der Waals surface area contributed by atoms with E-state index in [1.54, 1.807) is 0 Å². The number of nitrogens with zero attached hydrogens (tertiary/aromatic N) is 1. The molecule has 1 saturated heterocycles. The molecule has 0 aromatic heterocycles. The zero-order valence-electron chi connectivity index (χ0n) is 19.6. The molecule has 0 aliphatic carbocycles. The summed E-state index contributed by atoms with van der Waals surface area (Å²) in [6.07, 6.45) is 0.489. The Morgan fingerprint density at radius 3 is 2.44 bits per heavy atom. The molecule has 6 heteroatoms. The maximum Gasteiger partial charge on any atom is 0.323 e. The van der Waals surface area contributed by atoms with E-state index in [1.165, 1.54) is 7.11 Å². The SMILES string of the molecule is CCOc1ccccc1CN1C[C@H](NC(=O)c2ccccc2-c2ccccc2)C[C@H]1C(=O)OC. The second-order valence-electron chi connectivity index (χ2n) is 8.33. The van der Waals surface area contributed by atoms with Gasteiger partial charge in [-0.05, 0) is 36.6 Å². The van der Waals surface area contributed by atoms with Gasteiger partial charge in [0.1, 0.15) is 11.8 Å². The van der Waals surface area contributed by atoms with E-state index in [9.17, 15) is 9.59 Å². The van der Waals surface area contributed by atoms with Gasteiger partial charge >= 0.3 is 5.97 Å². The number of hydrogen-bond acceptors (Lipinski definition) is 5. The molecule has 0 unspecified atom stereocenters. The van der Waals surface area contributed by atoms with Gasteiger partial charge in [-0.3, -0.25) is 14.5 Å². The van der Waals surface area contributed by atoms with Crippen molar-refractivity contribution in [1.82, 2.24) is 10.2 Å². The number of benzene rings is 3. The fourth-order valence-corrected chi connectivity index (χ4v) is 4.53. The highest BCUT2D eigenvalue weighted by molar-refractivity contribution is 6.01. The molecule has 2 atom stereocenters. The van der Waals surface area contributed by atoms with Gasteiger partial charge in [-0.15, -0.1) is 0 Å². The first kappa shape index (κ1) is 23.5. The number of likely N-dealkylation sites (tertiary alicyclic amines) is 1. The van der Waals surface area contributed by atoms with Crippen LogP contribution < -0.4 is 10.1 Å². The number of carbonyl (C=O) groups is 2. The van der Waals surface area contributed by atoms with Gasteiger partial charge in [0.05, 0.1) is 13.7 Å². The number of rotatable bonds is 8. The second-order valence-corrected chi connectivity index (χ2v) is 8.33. The third-order valence-electron chi connectivity index (χ3n) is 6.11. The standard InChI is InChI=1S/C28H30N2O4/c1-3-34-26-16-10-7-13-21(26)18-30-19-22(17-25(30)28(32)33-2)29-27(31)24-15-9-8-14-23(24)20-11-5-4-6-12-20/h4-16,22,25H,3,17-19H2,1-2H3,(H,29,31)/t22-,25+/m1/s1. The number of methoxy groups -OCH3 is 1. The molecule has 0 radical (unpaired) electrons. The van der Waals surface area contributed by atoms with E-state index in [0.29, 0.717) is 31.7 Å². The van der Waals surface area contributed by atoms with Crippen LogP contribution >= 0.6 is 0 Å². The first-order valence-corrected chi connectivity index (χ1v) is 11.6. The van der Waals surface area contributed by atoms with E-state index in [2.05, 4.69) is 10.2 Å². The molecule has 34 heavy (non-hydrogen) atoms. The van der Waals surface area contributed by atoms with Gasteiger partial charge in [0.2, 0.25) is 0 Å². The highest BCUT2D eigenvalue weighted by Crippen LogP contribution is 2.27. The summed E-state index contributed by atoms with van der Waals surface area (Å²) in [4.78, 5) is 27.9. The smallest absolute Gasteiger partial charge is 0.323 e. The maximum absolute atomic E-state index is 13.3. The zero-order chi connectivity index (χ0) is 23.9. The van der Waals surface area contributed by atoms with Crippen LogP contribution in [0.5, 0.6) is 5.75 Å². The van der Waals surface area contributed by atoms with Crippen LogP contribution in [0.4, 0.5) is 0 Å². The number of nitrogens with one attached hydrogen (secondary N) is 1. The molecular weight excluding hydrogens is 428 g/mol. The Kier molecular flexibility index (Phi) is 7.60. The molecule has 1 fully saturated rings. The lowest BCUT2D eigenvalue weighted by atomic mass is 9.99. The average molecular weight is 459 g/mol. The Morgan fingerprint density at radius 2 is 1.68 bits per heavy atom. The molecule has 1 amide bonds. The Morgan fingerprint density at radius 1 is 0.971 bits per heavy atom. The van der Waals surface area contributed by atoms with Crippen LogP contribution in [0.15, 0.2) is 78.9 Å². The topological polar surface area (TPSA) is 67.9 Å². The highest BCUT2D eigenvalue weighted by Gasteiger charge is 2.38. The summed E-state index contributed by atoms with van der Waals surface area (Å²) in [5.74, 6) is 0.359. The first-order valence-electron chi connectivity index (χ1n) is 11.6. The van der Waals surface area contributed by atoms with Crippen molar-refractivity contribution >= 4 is 11.9 Å². The van der Waals surface area contributed by atoms with E-state index in [1.807, 2.05) is 85.8 Å². The molecule has 176 valence electrons. The van der Waals surface area contributed by atoms with Crippen molar-refractivity contribution in [1.29, 1.82) is 0 Å². The van der Waals surface area contributed by atoms with Crippen molar-refractivity contribution in [2.45, 2.75) is 32.0 Å². The van der Waals surface area contributed by atoms with Gasteiger partial charge in [-0.25, -0.2) is 0 Å². The Hall–Kier alpha value is -3.64. The molecule has 3 aromatic rings. The first-order chi connectivity index (χ1) is 16.6. The third-order valence-corrected chi connectivity index (χ3v) is 6.11. The summed E-state index contributed by atoms with van der Waals surface area (Å²) in [5, 5.41) is 3.15. The molecule has 3 aromatic carbocycles. The summed E-state index contributed by atoms with van der Waals surface area (Å²) < 4.78 is 10.8. The minimum Gasteiger partial charge on any atom is -0.494 e. The van der Waals surface area contributed by atoms with E-state index in [4.69, 9.17) is 9.47 Å². The molecule has 0 spiro atoms. The van der Waals surface area contributed by atoms with Crippen LogP contribution in [0, 0.1) is 0 Å². The Balaban J connectivity index is 1.52. The van der Waals surface area contributed by atoms with E-state index < -0.39 is 6.04 Å². The fraction of sp³-hybridized carbons (Fsp3) is 0.286. The molecule has 1 aliphatic rings. The maximum atomic E-state index is 13.3. The Labute approximate surface area is 200 Å². The summed E-state index contributed by atoms with van der Waals surface area (Å²) in [5.41, 5.74) is 3.48. The number of carbonyl (C=O) groups excluding carboxylic acids is 2. The van der Waals surface area contributed by atoms with Crippen molar-refractivity contribution in [3.8, 4) is 16.9 Å². The van der Waals surface area contributed by atoms with Gasteiger partial charge in [-0.1, -0.05) is 66.7 Å². The highest BCUT2D eigenvalue weighted by atomic mass is 16.5. The monoisotopic (exact) mass is 458 g/mol. The van der Waals surface area contributed by atoms with Gasteiger partial charge in [-0.2, -0.15) is 0 Å². The number of ether oxygens (including phenoxy) is 2. The molecule has 1 aliphatic heterocycles. The van der Waals surface area contributed by atoms with Crippen molar-refractivity contribution < 1.29 is 19.1 Å². The predicted octanol–water partition coefficient (Wildman–Crippen LogP) is 4.30. The van der Waals surface area contributed by atoms with Crippen molar-refractivity contribution in [2.75, 3.05) is 20.3 Å². The van der Waals surface area contributed by atoms with Crippen LogP contribution in [0.25, 0.3) is 11.1 Å². The molecule has 0 saturated carbocycles. The van der Waals surface area contributed by atoms with Crippen LogP contribution in [0.3, 0.4) is 0 Å². The normalized spacial score (nSPS) is 17.8. The molecule has 4 rings (SSSR count). The number of para-hydroxylation sites is 1. The van der Waals surface area contributed by atoms with Gasteiger partial charge in [0.15, 0.2) is 0 Å². The fourth-order valence-electron chi connectivity index (χ4n) is 4.53. The lowest BCUT2D eigenvalue weighted by molar-refractivity contribution is -0.146. The second kappa shape index (κ2) is 11.0. The predicted molar refractivity (Wildman–Crippen MR) is 132 cm³/mol. The Bertz CT molecular complexity index is 1130. The summed E-state index contributed by atoms with van der Waals surface area (Å²) in [6.45, 7) is 3.59. The van der Waals surface area contributed by atoms with Crippen molar-refractivity contribution in [2.24, 2.45) is 0 Å². The molecule has 6 nitrogen and oxygen atoms in total. The molecule has 0 bridgehead atoms. The number of esters is 1. The van der Waals surface area contributed by atoms with Crippen molar-refractivity contribution in [3.05, 3.63) is 90.0 Å².